The highest BCUT2D eigenvalue weighted by molar-refractivity contribution is 7.90. The van der Waals surface area contributed by atoms with Crippen molar-refractivity contribution in [2.45, 2.75) is 17.4 Å². The number of rotatable bonds is 1. The highest BCUT2D eigenvalue weighted by atomic mass is 32.2. The normalized spacial score (nSPS) is 21.9. The van der Waals surface area contributed by atoms with Gasteiger partial charge in [0, 0.05) is 12.0 Å². The van der Waals surface area contributed by atoms with Gasteiger partial charge in [-0.25, -0.2) is 12.7 Å². The summed E-state index contributed by atoms with van der Waals surface area (Å²) < 4.78 is 32.1. The second-order valence-electron chi connectivity index (χ2n) is 5.29. The summed E-state index contributed by atoms with van der Waals surface area (Å²) in [5.74, 6) is 0.176. The van der Waals surface area contributed by atoms with E-state index >= 15 is 0 Å². The fourth-order valence-electron chi connectivity index (χ4n) is 3.08. The van der Waals surface area contributed by atoms with E-state index in [9.17, 15) is 13.2 Å². The molecule has 0 unspecified atom stereocenters. The first kappa shape index (κ1) is 13.3. The summed E-state index contributed by atoms with van der Waals surface area (Å²) >= 11 is 0. The quantitative estimate of drug-likeness (QED) is 0.810. The molecule has 0 saturated carbocycles. The lowest BCUT2D eigenvalue weighted by atomic mass is 10.00. The molecule has 2 heterocycles. The number of hydrogen-bond donors (Lipinski definition) is 0. The summed E-state index contributed by atoms with van der Waals surface area (Å²) in [5.41, 5.74) is 0.977. The highest BCUT2D eigenvalue weighted by Crippen LogP contribution is 2.42. The van der Waals surface area contributed by atoms with Gasteiger partial charge in [-0.05, 0) is 18.2 Å². The zero-order valence-electron chi connectivity index (χ0n) is 11.6. The van der Waals surface area contributed by atoms with E-state index in [1.54, 1.807) is 24.3 Å². The van der Waals surface area contributed by atoms with Crippen LogP contribution in [-0.2, 0) is 10.0 Å². The average molecular weight is 315 g/mol. The van der Waals surface area contributed by atoms with Crippen LogP contribution in [-0.4, -0.2) is 25.2 Å². The van der Waals surface area contributed by atoms with E-state index in [1.807, 2.05) is 18.2 Å². The second-order valence-corrected chi connectivity index (χ2v) is 7.08. The van der Waals surface area contributed by atoms with Crippen LogP contribution in [0.3, 0.4) is 0 Å². The van der Waals surface area contributed by atoms with Crippen molar-refractivity contribution in [2.75, 3.05) is 6.61 Å². The molecule has 0 spiro atoms. The first-order valence-corrected chi connectivity index (χ1v) is 8.44. The molecule has 1 amide bonds. The third-order valence-corrected chi connectivity index (χ3v) is 5.91. The predicted molar refractivity (Wildman–Crippen MR) is 79.1 cm³/mol. The summed E-state index contributed by atoms with van der Waals surface area (Å²) in [6.07, 6.45) is 0.454. The zero-order chi connectivity index (χ0) is 15.3. The first-order chi connectivity index (χ1) is 10.6. The van der Waals surface area contributed by atoms with Gasteiger partial charge in [-0.15, -0.1) is 0 Å². The van der Waals surface area contributed by atoms with Crippen molar-refractivity contribution in [3.05, 3.63) is 59.7 Å². The Hall–Kier alpha value is -2.34. The molecule has 22 heavy (non-hydrogen) atoms. The van der Waals surface area contributed by atoms with Gasteiger partial charge in [-0.2, -0.15) is 0 Å². The molecule has 0 fully saturated rings. The van der Waals surface area contributed by atoms with Crippen LogP contribution >= 0.6 is 0 Å². The van der Waals surface area contributed by atoms with Crippen LogP contribution in [0.5, 0.6) is 5.75 Å². The lowest BCUT2D eigenvalue weighted by Gasteiger charge is -2.31. The van der Waals surface area contributed by atoms with Crippen molar-refractivity contribution in [3.63, 3.8) is 0 Å². The van der Waals surface area contributed by atoms with Crippen LogP contribution in [0.15, 0.2) is 53.4 Å². The third-order valence-electron chi connectivity index (χ3n) is 4.06. The number of sulfonamides is 1. The van der Waals surface area contributed by atoms with E-state index in [0.29, 0.717) is 18.8 Å². The number of hydrogen-bond acceptors (Lipinski definition) is 4. The minimum atomic E-state index is -3.81. The molecule has 0 aliphatic carbocycles. The zero-order valence-corrected chi connectivity index (χ0v) is 12.4. The van der Waals surface area contributed by atoms with Gasteiger partial charge in [-0.3, -0.25) is 4.79 Å². The minimum absolute atomic E-state index is 0.0870. The van der Waals surface area contributed by atoms with E-state index < -0.39 is 22.0 Å². The summed E-state index contributed by atoms with van der Waals surface area (Å²) in [6.45, 7) is 0.386. The SMILES string of the molecule is O=C1c2ccccc2S(=O)(=O)N1[C@H]1CCOc2ccccc21. The fourth-order valence-corrected chi connectivity index (χ4v) is 4.84. The molecule has 112 valence electrons. The smallest absolute Gasteiger partial charge is 0.269 e. The Morgan fingerprint density at radius 2 is 1.77 bits per heavy atom. The van der Waals surface area contributed by atoms with E-state index in [0.717, 1.165) is 9.87 Å². The molecule has 2 aliphatic rings. The molecule has 6 heteroatoms. The number of amides is 1. The molecule has 1 atom stereocenters. The fraction of sp³-hybridized carbons (Fsp3) is 0.188. The Kier molecular flexibility index (Phi) is 2.77. The van der Waals surface area contributed by atoms with Gasteiger partial charge in [0.05, 0.1) is 18.2 Å². The van der Waals surface area contributed by atoms with Crippen molar-refractivity contribution in [1.82, 2.24) is 4.31 Å². The van der Waals surface area contributed by atoms with Gasteiger partial charge in [0.2, 0.25) is 0 Å². The van der Waals surface area contributed by atoms with Gasteiger partial charge >= 0.3 is 0 Å². The van der Waals surface area contributed by atoms with Crippen LogP contribution in [0.1, 0.15) is 28.4 Å². The molecule has 2 aromatic carbocycles. The van der Waals surface area contributed by atoms with Crippen LogP contribution in [0.2, 0.25) is 0 Å². The van der Waals surface area contributed by atoms with Gasteiger partial charge in [0.25, 0.3) is 15.9 Å². The topological polar surface area (TPSA) is 63.7 Å². The maximum Gasteiger partial charge on any atom is 0.269 e. The molecule has 0 radical (unpaired) electrons. The molecule has 2 aromatic rings. The minimum Gasteiger partial charge on any atom is -0.493 e. The Morgan fingerprint density at radius 3 is 2.59 bits per heavy atom. The third kappa shape index (κ3) is 1.70. The lowest BCUT2D eigenvalue weighted by molar-refractivity contribution is 0.0804. The van der Waals surface area contributed by atoms with E-state index in [4.69, 9.17) is 4.74 Å². The van der Waals surface area contributed by atoms with Crippen LogP contribution in [0, 0.1) is 0 Å². The van der Waals surface area contributed by atoms with Gasteiger partial charge < -0.3 is 4.74 Å². The summed E-state index contributed by atoms with van der Waals surface area (Å²) in [6, 6.07) is 13.1. The molecule has 4 rings (SSSR count). The van der Waals surface area contributed by atoms with Crippen LogP contribution in [0.4, 0.5) is 0 Å². The number of carbonyl (C=O) groups is 1. The maximum atomic E-state index is 12.8. The monoisotopic (exact) mass is 315 g/mol. The second kappa shape index (κ2) is 4.58. The Labute approximate surface area is 128 Å². The Bertz CT molecular complexity index is 875. The molecule has 2 aliphatic heterocycles. The van der Waals surface area contributed by atoms with E-state index in [1.165, 1.54) is 6.07 Å². The van der Waals surface area contributed by atoms with Crippen molar-refractivity contribution in [1.29, 1.82) is 0 Å². The first-order valence-electron chi connectivity index (χ1n) is 7.00. The van der Waals surface area contributed by atoms with Crippen LogP contribution < -0.4 is 4.74 Å². The molecular formula is C16H13NO4S. The molecule has 0 N–H and O–H groups in total. The standard InChI is InChI=1S/C16H13NO4S/c18-16-12-6-2-4-8-15(12)22(19,20)17(16)13-9-10-21-14-7-3-1-5-11(13)14/h1-8,13H,9-10H2/t13-/m0/s1. The van der Waals surface area contributed by atoms with Crippen molar-refractivity contribution < 1.29 is 17.9 Å². The van der Waals surface area contributed by atoms with Crippen LogP contribution in [0.25, 0.3) is 0 Å². The van der Waals surface area contributed by atoms with Gasteiger partial charge in [0.1, 0.15) is 10.6 Å². The van der Waals surface area contributed by atoms with E-state index in [-0.39, 0.29) is 10.5 Å². The summed E-state index contributed by atoms with van der Waals surface area (Å²) in [4.78, 5) is 12.7. The molecule has 5 nitrogen and oxygen atoms in total. The number of ether oxygens (including phenoxy) is 1. The number of para-hydroxylation sites is 1. The van der Waals surface area contributed by atoms with Crippen molar-refractivity contribution in [2.24, 2.45) is 0 Å². The van der Waals surface area contributed by atoms with Gasteiger partial charge in [0.15, 0.2) is 0 Å². The number of benzene rings is 2. The average Bonchev–Trinajstić information content (AvgIpc) is 2.74. The maximum absolute atomic E-state index is 12.8. The Morgan fingerprint density at radius 1 is 1.05 bits per heavy atom. The predicted octanol–water partition coefficient (Wildman–Crippen LogP) is 2.35. The van der Waals surface area contributed by atoms with E-state index in [2.05, 4.69) is 0 Å². The molecule has 0 saturated heterocycles. The molecular weight excluding hydrogens is 302 g/mol. The Balaban J connectivity index is 1.88. The largest absolute Gasteiger partial charge is 0.493 e. The number of nitrogens with zero attached hydrogens (tertiary/aromatic N) is 1. The summed E-state index contributed by atoms with van der Waals surface area (Å²) in [7, 11) is -3.81. The molecule has 0 aromatic heterocycles. The van der Waals surface area contributed by atoms with Crippen molar-refractivity contribution >= 4 is 15.9 Å². The van der Waals surface area contributed by atoms with Crippen molar-refractivity contribution in [3.8, 4) is 5.75 Å². The molecule has 0 bridgehead atoms. The lowest BCUT2D eigenvalue weighted by Crippen LogP contribution is -2.36. The van der Waals surface area contributed by atoms with Gasteiger partial charge in [-0.1, -0.05) is 30.3 Å². The highest BCUT2D eigenvalue weighted by Gasteiger charge is 2.46. The number of carbonyl (C=O) groups excluding carboxylic acids is 1. The number of fused-ring (bicyclic) bond motifs is 2. The summed E-state index contributed by atoms with van der Waals surface area (Å²) in [5, 5.41) is 0.